The van der Waals surface area contributed by atoms with Crippen LogP contribution in [-0.2, 0) is 4.79 Å². The summed E-state index contributed by atoms with van der Waals surface area (Å²) in [6.45, 7) is 4.69. The maximum Gasteiger partial charge on any atom is 0.232 e. The van der Waals surface area contributed by atoms with Gasteiger partial charge in [-0.15, -0.1) is 6.42 Å². The lowest BCUT2D eigenvalue weighted by Gasteiger charge is -2.35. The van der Waals surface area contributed by atoms with E-state index in [1.807, 2.05) is 29.2 Å². The monoisotopic (exact) mass is 269 g/mol. The quantitative estimate of drug-likeness (QED) is 0.813. The van der Waals surface area contributed by atoms with Crippen LogP contribution in [0.25, 0.3) is 0 Å². The lowest BCUT2D eigenvalue weighted by molar-refractivity contribution is -0.134. The maximum atomic E-state index is 12.7. The Hall–Kier alpha value is -1.99. The molecule has 1 N–H and O–H groups in total. The van der Waals surface area contributed by atoms with E-state index in [2.05, 4.69) is 16.1 Å². The number of hydrogen-bond donors (Lipinski definition) is 1. The van der Waals surface area contributed by atoms with Crippen molar-refractivity contribution < 1.29 is 4.79 Å². The number of benzene rings is 1. The van der Waals surface area contributed by atoms with E-state index >= 15 is 0 Å². The SMILES string of the molecule is C#CCN1CCN(C(=O)C2CNc3ccccc32)CC1. The van der Waals surface area contributed by atoms with E-state index in [1.165, 1.54) is 0 Å². The van der Waals surface area contributed by atoms with Crippen molar-refractivity contribution in [2.75, 3.05) is 44.6 Å². The number of amides is 1. The predicted molar refractivity (Wildman–Crippen MR) is 79.5 cm³/mol. The molecular formula is C16H19N3O. The van der Waals surface area contributed by atoms with Crippen molar-refractivity contribution in [1.82, 2.24) is 9.80 Å². The van der Waals surface area contributed by atoms with Gasteiger partial charge in [-0.05, 0) is 11.6 Å². The van der Waals surface area contributed by atoms with E-state index in [4.69, 9.17) is 6.42 Å². The molecule has 1 fully saturated rings. The van der Waals surface area contributed by atoms with Gasteiger partial charge in [-0.3, -0.25) is 9.69 Å². The van der Waals surface area contributed by atoms with Crippen LogP contribution in [0.2, 0.25) is 0 Å². The van der Waals surface area contributed by atoms with Gasteiger partial charge in [-0.2, -0.15) is 0 Å². The number of piperazine rings is 1. The largest absolute Gasteiger partial charge is 0.384 e. The zero-order valence-electron chi connectivity index (χ0n) is 11.5. The molecule has 3 rings (SSSR count). The molecule has 2 aliphatic heterocycles. The van der Waals surface area contributed by atoms with Crippen LogP contribution in [0.1, 0.15) is 11.5 Å². The summed E-state index contributed by atoms with van der Waals surface area (Å²) in [6, 6.07) is 8.08. The van der Waals surface area contributed by atoms with Gasteiger partial charge in [0.1, 0.15) is 0 Å². The number of nitrogens with one attached hydrogen (secondary N) is 1. The van der Waals surface area contributed by atoms with E-state index in [0.717, 1.165) is 37.4 Å². The fourth-order valence-electron chi connectivity index (χ4n) is 2.98. The summed E-state index contributed by atoms with van der Waals surface area (Å²) in [5.74, 6) is 2.86. The molecule has 1 saturated heterocycles. The third-order valence-corrected chi connectivity index (χ3v) is 4.13. The molecule has 1 aromatic carbocycles. The first-order chi connectivity index (χ1) is 9.79. The van der Waals surface area contributed by atoms with E-state index in [0.29, 0.717) is 13.1 Å². The fourth-order valence-corrected chi connectivity index (χ4v) is 2.98. The van der Waals surface area contributed by atoms with E-state index in [9.17, 15) is 4.79 Å². The van der Waals surface area contributed by atoms with Gasteiger partial charge in [0.25, 0.3) is 0 Å². The summed E-state index contributed by atoms with van der Waals surface area (Å²) in [6.07, 6.45) is 5.33. The normalized spacial score (nSPS) is 21.9. The molecule has 1 aromatic rings. The van der Waals surface area contributed by atoms with Gasteiger partial charge in [-0.25, -0.2) is 0 Å². The standard InChI is InChI=1S/C16H19N3O/c1-2-7-18-8-10-19(11-9-18)16(20)14-12-17-15-6-4-3-5-13(14)15/h1,3-6,14,17H,7-12H2. The molecule has 0 bridgehead atoms. The molecule has 4 heteroatoms. The molecule has 0 radical (unpaired) electrons. The highest BCUT2D eigenvalue weighted by Crippen LogP contribution is 2.32. The number of anilines is 1. The number of fused-ring (bicyclic) bond motifs is 1. The van der Waals surface area contributed by atoms with E-state index < -0.39 is 0 Å². The summed E-state index contributed by atoms with van der Waals surface area (Å²) in [7, 11) is 0. The molecule has 1 unspecified atom stereocenters. The summed E-state index contributed by atoms with van der Waals surface area (Å²) in [5.41, 5.74) is 2.22. The second kappa shape index (κ2) is 5.56. The zero-order chi connectivity index (χ0) is 13.9. The van der Waals surface area contributed by atoms with Crippen LogP contribution in [-0.4, -0.2) is 55.0 Å². The van der Waals surface area contributed by atoms with Gasteiger partial charge in [0, 0.05) is 38.4 Å². The second-order valence-corrected chi connectivity index (χ2v) is 5.33. The third kappa shape index (κ3) is 2.37. The molecule has 0 aliphatic carbocycles. The molecule has 1 atom stereocenters. The van der Waals surface area contributed by atoms with Crippen LogP contribution in [0.3, 0.4) is 0 Å². The summed E-state index contributed by atoms with van der Waals surface area (Å²) in [4.78, 5) is 16.8. The van der Waals surface area contributed by atoms with Crippen LogP contribution in [0.4, 0.5) is 5.69 Å². The topological polar surface area (TPSA) is 35.6 Å². The Bertz CT molecular complexity index is 541. The smallest absolute Gasteiger partial charge is 0.232 e. The molecule has 2 aliphatic rings. The maximum absolute atomic E-state index is 12.7. The van der Waals surface area contributed by atoms with Crippen molar-refractivity contribution >= 4 is 11.6 Å². The third-order valence-electron chi connectivity index (χ3n) is 4.13. The van der Waals surface area contributed by atoms with Crippen LogP contribution in [0.5, 0.6) is 0 Å². The van der Waals surface area contributed by atoms with Gasteiger partial charge >= 0.3 is 0 Å². The number of para-hydroxylation sites is 1. The van der Waals surface area contributed by atoms with Crippen LogP contribution in [0, 0.1) is 12.3 Å². The number of carbonyl (C=O) groups excluding carboxylic acids is 1. The van der Waals surface area contributed by atoms with Crippen LogP contribution in [0.15, 0.2) is 24.3 Å². The van der Waals surface area contributed by atoms with Gasteiger partial charge < -0.3 is 10.2 Å². The minimum Gasteiger partial charge on any atom is -0.384 e. The number of terminal acetylenes is 1. The number of nitrogens with zero attached hydrogens (tertiary/aromatic N) is 2. The number of carbonyl (C=O) groups is 1. The Balaban J connectivity index is 1.65. The Labute approximate surface area is 119 Å². The van der Waals surface area contributed by atoms with Crippen molar-refractivity contribution in [3.8, 4) is 12.3 Å². The summed E-state index contributed by atoms with van der Waals surface area (Å²) < 4.78 is 0. The molecular weight excluding hydrogens is 250 g/mol. The van der Waals surface area contributed by atoms with Gasteiger partial charge in [0.15, 0.2) is 0 Å². The van der Waals surface area contributed by atoms with Gasteiger partial charge in [0.05, 0.1) is 12.5 Å². The lowest BCUT2D eigenvalue weighted by atomic mass is 9.99. The molecule has 0 aromatic heterocycles. The Kier molecular flexibility index (Phi) is 3.62. The first kappa shape index (κ1) is 13.0. The van der Waals surface area contributed by atoms with E-state index in [-0.39, 0.29) is 11.8 Å². The van der Waals surface area contributed by atoms with Gasteiger partial charge in [-0.1, -0.05) is 24.1 Å². The highest BCUT2D eigenvalue weighted by Gasteiger charge is 2.32. The van der Waals surface area contributed by atoms with Crippen LogP contribution >= 0.6 is 0 Å². The minimum atomic E-state index is -0.0367. The molecule has 0 spiro atoms. The highest BCUT2D eigenvalue weighted by molar-refractivity contribution is 5.88. The first-order valence-corrected chi connectivity index (χ1v) is 7.07. The summed E-state index contributed by atoms with van der Waals surface area (Å²) >= 11 is 0. The molecule has 4 nitrogen and oxygen atoms in total. The van der Waals surface area contributed by atoms with E-state index in [1.54, 1.807) is 0 Å². The molecule has 0 saturated carbocycles. The lowest BCUT2D eigenvalue weighted by Crippen LogP contribution is -2.50. The van der Waals surface area contributed by atoms with Crippen molar-refractivity contribution in [1.29, 1.82) is 0 Å². The molecule has 104 valence electrons. The Morgan fingerprint density at radius 3 is 2.80 bits per heavy atom. The minimum absolute atomic E-state index is 0.0367. The van der Waals surface area contributed by atoms with Crippen molar-refractivity contribution in [3.63, 3.8) is 0 Å². The average Bonchev–Trinajstić information content (AvgIpc) is 2.92. The van der Waals surface area contributed by atoms with Crippen molar-refractivity contribution in [2.24, 2.45) is 0 Å². The van der Waals surface area contributed by atoms with Crippen LogP contribution < -0.4 is 5.32 Å². The average molecular weight is 269 g/mol. The zero-order valence-corrected chi connectivity index (χ0v) is 11.5. The fraction of sp³-hybridized carbons (Fsp3) is 0.438. The second-order valence-electron chi connectivity index (χ2n) is 5.33. The predicted octanol–water partition coefficient (Wildman–Crippen LogP) is 0.973. The molecule has 2 heterocycles. The van der Waals surface area contributed by atoms with Gasteiger partial charge in [0.2, 0.25) is 5.91 Å². The molecule has 1 amide bonds. The summed E-state index contributed by atoms with van der Waals surface area (Å²) in [5, 5.41) is 3.31. The Morgan fingerprint density at radius 1 is 1.30 bits per heavy atom. The highest BCUT2D eigenvalue weighted by atomic mass is 16.2. The van der Waals surface area contributed by atoms with Crippen molar-refractivity contribution in [2.45, 2.75) is 5.92 Å². The number of hydrogen-bond acceptors (Lipinski definition) is 3. The van der Waals surface area contributed by atoms with Crippen molar-refractivity contribution in [3.05, 3.63) is 29.8 Å². The first-order valence-electron chi connectivity index (χ1n) is 7.07. The Morgan fingerprint density at radius 2 is 2.05 bits per heavy atom. The number of rotatable bonds is 2. The molecule has 20 heavy (non-hydrogen) atoms.